The molecule has 0 unspecified atom stereocenters. The maximum atomic E-state index is 12.7. The van der Waals surface area contributed by atoms with Crippen LogP contribution in [0.3, 0.4) is 0 Å². The first-order chi connectivity index (χ1) is 14.7. The van der Waals surface area contributed by atoms with E-state index in [4.69, 9.17) is 22.1 Å². The minimum Gasteiger partial charge on any atom is -0.496 e. The lowest BCUT2D eigenvalue weighted by atomic mass is 10.2. The number of hydrogen-bond acceptors (Lipinski definition) is 7. The Kier molecular flexibility index (Phi) is 7.11. The number of nitrogens with one attached hydrogen (secondary N) is 1. The molecule has 31 heavy (non-hydrogen) atoms. The van der Waals surface area contributed by atoms with E-state index < -0.39 is 10.0 Å². The van der Waals surface area contributed by atoms with Gasteiger partial charge in [-0.1, -0.05) is 42.2 Å². The van der Waals surface area contributed by atoms with Crippen LogP contribution in [-0.2, 0) is 19.6 Å². The average molecular weight is 478 g/mol. The van der Waals surface area contributed by atoms with Crippen molar-refractivity contribution in [2.75, 3.05) is 19.0 Å². The fourth-order valence-electron chi connectivity index (χ4n) is 2.78. The smallest absolute Gasteiger partial charge is 0.266 e. The van der Waals surface area contributed by atoms with E-state index in [0.29, 0.717) is 20.7 Å². The molecule has 2 aromatic rings. The van der Waals surface area contributed by atoms with E-state index in [1.807, 2.05) is 18.2 Å². The van der Waals surface area contributed by atoms with Crippen molar-refractivity contribution in [3.8, 4) is 5.75 Å². The first-order valence-electron chi connectivity index (χ1n) is 9.00. The highest BCUT2D eigenvalue weighted by molar-refractivity contribution is 8.26. The number of carbonyl (C=O) groups excluding carboxylic acids is 2. The predicted octanol–water partition coefficient (Wildman–Crippen LogP) is 2.57. The number of anilines is 1. The highest BCUT2D eigenvalue weighted by Crippen LogP contribution is 2.34. The third-order valence-electron chi connectivity index (χ3n) is 4.33. The first kappa shape index (κ1) is 22.9. The summed E-state index contributed by atoms with van der Waals surface area (Å²) in [5.74, 6) is 0.0259. The SMILES string of the molecule is COc1ccccc1/C=C1/SC(=S)N(CCC(=O)Nc2ccc(S(N)(=O)=O)cc2)C1=O. The Balaban J connectivity index is 1.61. The van der Waals surface area contributed by atoms with Crippen LogP contribution in [0.5, 0.6) is 5.75 Å². The fraction of sp³-hybridized carbons (Fsp3) is 0.150. The summed E-state index contributed by atoms with van der Waals surface area (Å²) in [4.78, 5) is 26.8. The van der Waals surface area contributed by atoms with Gasteiger partial charge in [-0.25, -0.2) is 13.6 Å². The number of ether oxygens (including phenoxy) is 1. The number of nitrogens with two attached hydrogens (primary N) is 1. The number of methoxy groups -OCH3 is 1. The van der Waals surface area contributed by atoms with Gasteiger partial charge in [0.15, 0.2) is 0 Å². The minimum atomic E-state index is -3.80. The van der Waals surface area contributed by atoms with Crippen molar-refractivity contribution in [2.45, 2.75) is 11.3 Å². The van der Waals surface area contributed by atoms with Gasteiger partial charge < -0.3 is 10.1 Å². The molecule has 0 spiro atoms. The van der Waals surface area contributed by atoms with E-state index in [1.165, 1.54) is 40.9 Å². The van der Waals surface area contributed by atoms with Gasteiger partial charge in [0.05, 0.1) is 16.9 Å². The molecular weight excluding hydrogens is 458 g/mol. The molecule has 0 aromatic heterocycles. The number of hydrogen-bond donors (Lipinski definition) is 2. The lowest BCUT2D eigenvalue weighted by molar-refractivity contribution is -0.122. The van der Waals surface area contributed by atoms with Crippen molar-refractivity contribution in [1.82, 2.24) is 4.90 Å². The lowest BCUT2D eigenvalue weighted by Crippen LogP contribution is -2.31. The molecule has 2 amide bonds. The van der Waals surface area contributed by atoms with E-state index in [-0.39, 0.29) is 29.7 Å². The molecule has 1 fully saturated rings. The Bertz CT molecular complexity index is 1160. The molecule has 2 aromatic carbocycles. The van der Waals surface area contributed by atoms with Crippen molar-refractivity contribution in [3.05, 3.63) is 59.0 Å². The van der Waals surface area contributed by atoms with Gasteiger partial charge in [-0.3, -0.25) is 14.5 Å². The van der Waals surface area contributed by atoms with Crippen LogP contribution in [0.25, 0.3) is 6.08 Å². The molecule has 1 aliphatic rings. The Hall–Kier alpha value is -2.73. The predicted molar refractivity (Wildman–Crippen MR) is 124 cm³/mol. The molecule has 0 aliphatic carbocycles. The number of para-hydroxylation sites is 1. The van der Waals surface area contributed by atoms with Gasteiger partial charge >= 0.3 is 0 Å². The third kappa shape index (κ3) is 5.70. The first-order valence-corrected chi connectivity index (χ1v) is 11.8. The largest absolute Gasteiger partial charge is 0.496 e. The van der Waals surface area contributed by atoms with Crippen molar-refractivity contribution in [2.24, 2.45) is 5.14 Å². The second-order valence-electron chi connectivity index (χ2n) is 6.44. The van der Waals surface area contributed by atoms with Crippen LogP contribution in [0.1, 0.15) is 12.0 Å². The summed E-state index contributed by atoms with van der Waals surface area (Å²) in [6.45, 7) is 0.120. The Morgan fingerprint density at radius 3 is 2.55 bits per heavy atom. The molecule has 1 heterocycles. The monoisotopic (exact) mass is 477 g/mol. The fourth-order valence-corrected chi connectivity index (χ4v) is 4.60. The number of amides is 2. The molecule has 3 N–H and O–H groups in total. The van der Waals surface area contributed by atoms with Gasteiger partial charge in [0.1, 0.15) is 10.1 Å². The summed E-state index contributed by atoms with van der Waals surface area (Å²) in [5.41, 5.74) is 1.17. The van der Waals surface area contributed by atoms with Gasteiger partial charge in [0.25, 0.3) is 5.91 Å². The summed E-state index contributed by atoms with van der Waals surface area (Å²) in [6.07, 6.45) is 1.73. The number of thiocarbonyl (C=S) groups is 1. The van der Waals surface area contributed by atoms with Crippen LogP contribution in [-0.4, -0.2) is 43.1 Å². The second-order valence-corrected chi connectivity index (χ2v) is 9.68. The normalized spacial score (nSPS) is 15.4. The zero-order chi connectivity index (χ0) is 22.6. The maximum absolute atomic E-state index is 12.7. The van der Waals surface area contributed by atoms with Crippen molar-refractivity contribution in [3.63, 3.8) is 0 Å². The molecule has 0 bridgehead atoms. The molecule has 8 nitrogen and oxygen atoms in total. The highest BCUT2D eigenvalue weighted by Gasteiger charge is 2.32. The summed E-state index contributed by atoms with van der Waals surface area (Å²) in [7, 11) is -2.25. The third-order valence-corrected chi connectivity index (χ3v) is 6.64. The van der Waals surface area contributed by atoms with Crippen LogP contribution >= 0.6 is 24.0 Å². The molecule has 11 heteroatoms. The van der Waals surface area contributed by atoms with Crippen LogP contribution in [0.4, 0.5) is 5.69 Å². The topological polar surface area (TPSA) is 119 Å². The molecule has 3 rings (SSSR count). The molecule has 0 saturated carbocycles. The summed E-state index contributed by atoms with van der Waals surface area (Å²) >= 11 is 6.47. The summed E-state index contributed by atoms with van der Waals surface area (Å²) in [6, 6.07) is 12.8. The maximum Gasteiger partial charge on any atom is 0.266 e. The molecule has 1 saturated heterocycles. The number of sulfonamides is 1. The lowest BCUT2D eigenvalue weighted by Gasteiger charge is -2.14. The molecule has 1 aliphatic heterocycles. The zero-order valence-corrected chi connectivity index (χ0v) is 18.9. The van der Waals surface area contributed by atoms with Gasteiger partial charge in [-0.05, 0) is 36.4 Å². The Morgan fingerprint density at radius 2 is 1.90 bits per heavy atom. The van der Waals surface area contributed by atoms with Crippen molar-refractivity contribution in [1.29, 1.82) is 0 Å². The molecule has 0 atom stereocenters. The average Bonchev–Trinajstić information content (AvgIpc) is 2.99. The van der Waals surface area contributed by atoms with E-state index in [9.17, 15) is 18.0 Å². The van der Waals surface area contributed by atoms with Gasteiger partial charge in [0.2, 0.25) is 15.9 Å². The number of nitrogens with zero attached hydrogens (tertiary/aromatic N) is 1. The summed E-state index contributed by atoms with van der Waals surface area (Å²) < 4.78 is 28.2. The van der Waals surface area contributed by atoms with E-state index in [1.54, 1.807) is 19.3 Å². The standard InChI is InChI=1S/C20H19N3O5S3/c1-28-16-5-3-2-4-13(16)12-17-19(25)23(20(29)30-17)11-10-18(24)22-14-6-8-15(9-7-14)31(21,26)27/h2-9,12H,10-11H2,1H3,(H,22,24)(H2,21,26,27)/b17-12+. The van der Waals surface area contributed by atoms with Crippen LogP contribution in [0.15, 0.2) is 58.3 Å². The zero-order valence-electron chi connectivity index (χ0n) is 16.4. The van der Waals surface area contributed by atoms with Crippen molar-refractivity contribution >= 4 is 61.9 Å². The number of carbonyl (C=O) groups is 2. The number of rotatable bonds is 7. The van der Waals surface area contributed by atoms with E-state index in [2.05, 4.69) is 5.32 Å². The van der Waals surface area contributed by atoms with E-state index >= 15 is 0 Å². The van der Waals surface area contributed by atoms with E-state index in [0.717, 1.165) is 5.56 Å². The van der Waals surface area contributed by atoms with Crippen LogP contribution in [0.2, 0.25) is 0 Å². The summed E-state index contributed by atoms with van der Waals surface area (Å²) in [5, 5.41) is 7.70. The Morgan fingerprint density at radius 1 is 1.23 bits per heavy atom. The quantitative estimate of drug-likeness (QED) is 0.465. The molecule has 162 valence electrons. The van der Waals surface area contributed by atoms with Gasteiger partial charge in [-0.2, -0.15) is 0 Å². The van der Waals surface area contributed by atoms with Crippen LogP contribution in [0, 0.1) is 0 Å². The molecular formula is C20H19N3O5S3. The van der Waals surface area contributed by atoms with Gasteiger partial charge in [0, 0.05) is 24.2 Å². The van der Waals surface area contributed by atoms with Crippen molar-refractivity contribution < 1.29 is 22.7 Å². The number of benzene rings is 2. The second kappa shape index (κ2) is 9.60. The number of primary sulfonamides is 1. The minimum absolute atomic E-state index is 0.0192. The van der Waals surface area contributed by atoms with Crippen LogP contribution < -0.4 is 15.2 Å². The molecule has 0 radical (unpaired) electrons. The Labute approximate surface area is 189 Å². The van der Waals surface area contributed by atoms with Gasteiger partial charge in [-0.15, -0.1) is 0 Å². The number of thioether (sulfide) groups is 1. The highest BCUT2D eigenvalue weighted by atomic mass is 32.2.